The standard InChI is InChI=1S/C7H12O2Si/c1-8-7(9-2)10-5-3-4-6-10/h3-7,10H,1-2H3. The van der Waals surface area contributed by atoms with Crippen molar-refractivity contribution in [1.82, 2.24) is 0 Å². The lowest BCUT2D eigenvalue weighted by Gasteiger charge is -2.15. The Morgan fingerprint density at radius 2 is 1.60 bits per heavy atom. The highest BCUT2D eigenvalue weighted by molar-refractivity contribution is 6.71. The summed E-state index contributed by atoms with van der Waals surface area (Å²) in [6.07, 6.45) is 4.11. The predicted octanol–water partition coefficient (Wildman–Crippen LogP) is 0.576. The first-order chi connectivity index (χ1) is 4.88. The average Bonchev–Trinajstić information content (AvgIpc) is 2.43. The van der Waals surface area contributed by atoms with Crippen LogP contribution in [0.5, 0.6) is 0 Å². The van der Waals surface area contributed by atoms with E-state index in [0.29, 0.717) is 0 Å². The fourth-order valence-corrected chi connectivity index (χ4v) is 2.93. The third kappa shape index (κ3) is 1.56. The first-order valence-corrected chi connectivity index (χ1v) is 5.29. The van der Waals surface area contributed by atoms with Gasteiger partial charge in [-0.25, -0.2) is 0 Å². The van der Waals surface area contributed by atoms with E-state index in [9.17, 15) is 0 Å². The van der Waals surface area contributed by atoms with Crippen molar-refractivity contribution in [3.05, 3.63) is 23.6 Å². The Hall–Kier alpha value is -0.383. The number of rotatable bonds is 3. The normalized spacial score (nSPS) is 17.5. The highest BCUT2D eigenvalue weighted by Crippen LogP contribution is 2.06. The van der Waals surface area contributed by atoms with Crippen LogP contribution in [0.25, 0.3) is 0 Å². The summed E-state index contributed by atoms with van der Waals surface area (Å²) >= 11 is 0. The third-order valence-electron chi connectivity index (χ3n) is 1.56. The largest absolute Gasteiger partial charge is 0.359 e. The Labute approximate surface area is 62.7 Å². The Balaban J connectivity index is 2.45. The molecule has 0 aromatic heterocycles. The molecule has 0 amide bonds. The lowest BCUT2D eigenvalue weighted by Crippen LogP contribution is -2.30. The van der Waals surface area contributed by atoms with Crippen molar-refractivity contribution in [2.45, 2.75) is 5.91 Å². The van der Waals surface area contributed by atoms with Crippen molar-refractivity contribution in [2.24, 2.45) is 0 Å². The monoisotopic (exact) mass is 156 g/mol. The minimum atomic E-state index is -1.00. The number of hydrogen-bond acceptors (Lipinski definition) is 2. The molecule has 0 bridgehead atoms. The van der Waals surface area contributed by atoms with Crippen molar-refractivity contribution < 1.29 is 9.47 Å². The van der Waals surface area contributed by atoms with E-state index >= 15 is 0 Å². The molecule has 0 atom stereocenters. The summed E-state index contributed by atoms with van der Waals surface area (Å²) in [6.45, 7) is 0. The third-order valence-corrected chi connectivity index (χ3v) is 4.06. The van der Waals surface area contributed by atoms with Crippen LogP contribution in [0.2, 0.25) is 0 Å². The highest BCUT2D eigenvalue weighted by Gasteiger charge is 2.18. The second-order valence-electron chi connectivity index (χ2n) is 2.19. The van der Waals surface area contributed by atoms with Crippen LogP contribution in [0.1, 0.15) is 0 Å². The molecule has 0 fully saturated rings. The molecule has 1 rings (SSSR count). The summed E-state index contributed by atoms with van der Waals surface area (Å²) in [7, 11) is 2.36. The fourth-order valence-electron chi connectivity index (χ4n) is 1.04. The predicted molar refractivity (Wildman–Crippen MR) is 43.2 cm³/mol. The molecule has 0 N–H and O–H groups in total. The molecule has 1 heterocycles. The van der Waals surface area contributed by atoms with Crippen LogP contribution in [-0.2, 0) is 9.47 Å². The fraction of sp³-hybridized carbons (Fsp3) is 0.429. The van der Waals surface area contributed by atoms with Gasteiger partial charge in [-0.15, -0.1) is 0 Å². The van der Waals surface area contributed by atoms with Crippen LogP contribution in [-0.4, -0.2) is 28.9 Å². The summed E-state index contributed by atoms with van der Waals surface area (Å²) in [5, 5.41) is 0. The summed E-state index contributed by atoms with van der Waals surface area (Å²) in [6, 6.07) is 0. The van der Waals surface area contributed by atoms with Crippen molar-refractivity contribution in [1.29, 1.82) is 0 Å². The van der Waals surface area contributed by atoms with Gasteiger partial charge in [0.05, 0.1) is 0 Å². The van der Waals surface area contributed by atoms with Crippen LogP contribution in [0.4, 0.5) is 0 Å². The SMILES string of the molecule is COC(OC)[SiH]1C=CC=C1. The smallest absolute Gasteiger partial charge is 0.152 e. The molecule has 0 saturated heterocycles. The quantitative estimate of drug-likeness (QED) is 0.439. The van der Waals surface area contributed by atoms with Gasteiger partial charge in [-0.1, -0.05) is 23.6 Å². The molecule has 10 heavy (non-hydrogen) atoms. The molecule has 0 saturated carbocycles. The molecule has 0 aromatic rings. The minimum Gasteiger partial charge on any atom is -0.359 e. The molecule has 0 aromatic carbocycles. The Morgan fingerprint density at radius 3 is 2.00 bits per heavy atom. The second kappa shape index (κ2) is 3.70. The summed E-state index contributed by atoms with van der Waals surface area (Å²) < 4.78 is 10.2. The van der Waals surface area contributed by atoms with Crippen LogP contribution < -0.4 is 0 Å². The van der Waals surface area contributed by atoms with Crippen LogP contribution in [0, 0.1) is 0 Å². The maximum Gasteiger partial charge on any atom is 0.152 e. The van der Waals surface area contributed by atoms with E-state index in [1.54, 1.807) is 14.2 Å². The van der Waals surface area contributed by atoms with Gasteiger partial charge >= 0.3 is 0 Å². The van der Waals surface area contributed by atoms with Gasteiger partial charge in [0.2, 0.25) is 0 Å². The highest BCUT2D eigenvalue weighted by atomic mass is 28.3. The molecule has 0 radical (unpaired) electrons. The van der Waals surface area contributed by atoms with Crippen molar-refractivity contribution in [3.63, 3.8) is 0 Å². The summed E-state index contributed by atoms with van der Waals surface area (Å²) in [5.41, 5.74) is 4.38. The van der Waals surface area contributed by atoms with Gasteiger partial charge in [0.1, 0.15) is 5.91 Å². The first-order valence-electron chi connectivity index (χ1n) is 3.29. The van der Waals surface area contributed by atoms with Gasteiger partial charge in [-0.2, -0.15) is 0 Å². The maximum absolute atomic E-state index is 5.12. The van der Waals surface area contributed by atoms with E-state index in [2.05, 4.69) is 23.6 Å². The number of allylic oxidation sites excluding steroid dienone is 2. The molecular formula is C7H12O2Si. The minimum absolute atomic E-state index is 0.00926. The van der Waals surface area contributed by atoms with E-state index in [1.807, 2.05) is 0 Å². The number of hydrogen-bond donors (Lipinski definition) is 0. The van der Waals surface area contributed by atoms with E-state index < -0.39 is 8.80 Å². The molecule has 56 valence electrons. The van der Waals surface area contributed by atoms with Gasteiger partial charge in [0.25, 0.3) is 0 Å². The molecule has 1 aliphatic rings. The zero-order valence-corrected chi connectivity index (χ0v) is 7.44. The maximum atomic E-state index is 5.12. The Morgan fingerprint density at radius 1 is 1.10 bits per heavy atom. The van der Waals surface area contributed by atoms with Gasteiger partial charge in [-0.3, -0.25) is 0 Å². The lowest BCUT2D eigenvalue weighted by molar-refractivity contribution is -0.0451. The van der Waals surface area contributed by atoms with Crippen molar-refractivity contribution >= 4 is 8.80 Å². The molecule has 1 aliphatic heterocycles. The molecule has 0 spiro atoms. The summed E-state index contributed by atoms with van der Waals surface area (Å²) in [5.74, 6) is 0.00926. The zero-order chi connectivity index (χ0) is 7.40. The average molecular weight is 156 g/mol. The molecule has 2 nitrogen and oxygen atoms in total. The van der Waals surface area contributed by atoms with Gasteiger partial charge in [0.15, 0.2) is 8.80 Å². The zero-order valence-electron chi connectivity index (χ0n) is 6.28. The summed E-state index contributed by atoms with van der Waals surface area (Å²) in [4.78, 5) is 0. The van der Waals surface area contributed by atoms with E-state index in [1.165, 1.54) is 0 Å². The van der Waals surface area contributed by atoms with Gasteiger partial charge in [0, 0.05) is 14.2 Å². The molecule has 0 aliphatic carbocycles. The van der Waals surface area contributed by atoms with Crippen molar-refractivity contribution in [2.75, 3.05) is 14.2 Å². The molecular weight excluding hydrogens is 144 g/mol. The molecule has 3 heteroatoms. The second-order valence-corrected chi connectivity index (χ2v) is 4.66. The van der Waals surface area contributed by atoms with E-state index in [0.717, 1.165) is 0 Å². The van der Waals surface area contributed by atoms with Crippen LogP contribution >= 0.6 is 0 Å². The van der Waals surface area contributed by atoms with Crippen molar-refractivity contribution in [3.8, 4) is 0 Å². The number of methoxy groups -OCH3 is 2. The lowest BCUT2D eigenvalue weighted by atomic mass is 10.6. The van der Waals surface area contributed by atoms with Gasteiger partial charge < -0.3 is 9.47 Å². The topological polar surface area (TPSA) is 18.5 Å². The Bertz CT molecular complexity index is 138. The van der Waals surface area contributed by atoms with E-state index in [-0.39, 0.29) is 5.91 Å². The first kappa shape index (κ1) is 7.72. The number of ether oxygens (including phenoxy) is 2. The molecule has 0 unspecified atom stereocenters. The Kier molecular flexibility index (Phi) is 2.86. The van der Waals surface area contributed by atoms with Crippen LogP contribution in [0.3, 0.4) is 0 Å². The van der Waals surface area contributed by atoms with Gasteiger partial charge in [-0.05, 0) is 0 Å². The van der Waals surface area contributed by atoms with E-state index in [4.69, 9.17) is 9.47 Å². The van der Waals surface area contributed by atoms with Crippen LogP contribution in [0.15, 0.2) is 23.6 Å².